The van der Waals surface area contributed by atoms with E-state index in [-0.39, 0.29) is 12.7 Å². The smallest absolute Gasteiger partial charge is 0.258 e. The van der Waals surface area contributed by atoms with E-state index in [2.05, 4.69) is 10.3 Å². The Kier molecular flexibility index (Phi) is 3.01. The lowest BCUT2D eigenvalue weighted by Crippen LogP contribution is -2.12. The number of aromatic nitrogens is 1. The quantitative estimate of drug-likeness (QED) is 0.757. The van der Waals surface area contributed by atoms with Gasteiger partial charge in [0.15, 0.2) is 11.5 Å². The summed E-state index contributed by atoms with van der Waals surface area (Å²) in [5.74, 6) is 1.20. The van der Waals surface area contributed by atoms with Crippen molar-refractivity contribution >= 4 is 22.5 Å². The second-order valence-electron chi connectivity index (χ2n) is 5.70. The van der Waals surface area contributed by atoms with Gasteiger partial charge in [-0.05, 0) is 37.6 Å². The van der Waals surface area contributed by atoms with Crippen molar-refractivity contribution in [1.29, 1.82) is 0 Å². The number of carbonyl (C=O) groups excluding carboxylic acids is 1. The Balaban J connectivity index is 1.68. The van der Waals surface area contributed by atoms with Gasteiger partial charge in [-0.1, -0.05) is 12.1 Å². The number of H-pyrrole nitrogens is 1. The van der Waals surface area contributed by atoms with Crippen molar-refractivity contribution in [2.24, 2.45) is 0 Å². The van der Waals surface area contributed by atoms with Crippen molar-refractivity contribution in [2.75, 3.05) is 12.1 Å². The number of rotatable bonds is 2. The van der Waals surface area contributed by atoms with E-state index in [0.29, 0.717) is 22.7 Å². The molecule has 0 bridgehead atoms. The van der Waals surface area contributed by atoms with Gasteiger partial charge in [0.25, 0.3) is 5.91 Å². The van der Waals surface area contributed by atoms with Gasteiger partial charge in [-0.2, -0.15) is 0 Å². The molecule has 0 saturated carbocycles. The van der Waals surface area contributed by atoms with E-state index >= 15 is 0 Å². The summed E-state index contributed by atoms with van der Waals surface area (Å²) in [6.45, 7) is 4.15. The fourth-order valence-electron chi connectivity index (χ4n) is 2.91. The van der Waals surface area contributed by atoms with Crippen LogP contribution in [0.25, 0.3) is 10.9 Å². The minimum absolute atomic E-state index is 0.142. The molecule has 5 nitrogen and oxygen atoms in total. The molecule has 4 rings (SSSR count). The van der Waals surface area contributed by atoms with Crippen molar-refractivity contribution in [3.05, 3.63) is 53.2 Å². The predicted octanol–water partition coefficient (Wildman–Crippen LogP) is 3.77. The maximum Gasteiger partial charge on any atom is 0.258 e. The van der Waals surface area contributed by atoms with Gasteiger partial charge < -0.3 is 19.8 Å². The van der Waals surface area contributed by atoms with Gasteiger partial charge in [-0.15, -0.1) is 0 Å². The number of anilines is 1. The van der Waals surface area contributed by atoms with Crippen LogP contribution in [-0.4, -0.2) is 17.7 Å². The molecule has 0 aliphatic carbocycles. The Morgan fingerprint density at radius 2 is 1.91 bits per heavy atom. The van der Waals surface area contributed by atoms with Crippen LogP contribution < -0.4 is 14.8 Å². The molecule has 2 N–H and O–H groups in total. The average molecular weight is 308 g/mol. The minimum atomic E-state index is -0.142. The molecule has 23 heavy (non-hydrogen) atoms. The van der Waals surface area contributed by atoms with E-state index in [0.717, 1.165) is 22.2 Å². The highest BCUT2D eigenvalue weighted by atomic mass is 16.7. The van der Waals surface area contributed by atoms with Crippen molar-refractivity contribution in [2.45, 2.75) is 13.8 Å². The third kappa shape index (κ3) is 2.30. The SMILES string of the molecule is Cc1ccc2c(C(=O)Nc3ccc4c(c3)OCO4)c(C)[nH]c2c1. The fourth-order valence-corrected chi connectivity index (χ4v) is 2.91. The maximum absolute atomic E-state index is 12.7. The summed E-state index contributed by atoms with van der Waals surface area (Å²) >= 11 is 0. The molecule has 1 aliphatic heterocycles. The third-order valence-corrected chi connectivity index (χ3v) is 4.00. The Hall–Kier alpha value is -2.95. The standard InChI is InChI=1S/C18H16N2O3/c1-10-3-5-13-14(7-10)19-11(2)17(13)18(21)20-12-4-6-15-16(8-12)23-9-22-15/h3-8,19H,9H2,1-2H3,(H,20,21). The molecule has 116 valence electrons. The zero-order chi connectivity index (χ0) is 16.0. The number of amides is 1. The number of ether oxygens (including phenoxy) is 2. The van der Waals surface area contributed by atoms with Crippen LogP contribution in [0.3, 0.4) is 0 Å². The molecule has 0 unspecified atom stereocenters. The number of carbonyl (C=O) groups is 1. The highest BCUT2D eigenvalue weighted by molar-refractivity contribution is 6.14. The second-order valence-corrected chi connectivity index (χ2v) is 5.70. The molecule has 1 amide bonds. The van der Waals surface area contributed by atoms with Crippen LogP contribution >= 0.6 is 0 Å². The summed E-state index contributed by atoms with van der Waals surface area (Å²) in [5, 5.41) is 3.85. The Morgan fingerprint density at radius 1 is 1.09 bits per heavy atom. The van der Waals surface area contributed by atoms with Gasteiger partial charge in [0.1, 0.15) is 0 Å². The largest absolute Gasteiger partial charge is 0.454 e. The summed E-state index contributed by atoms with van der Waals surface area (Å²) in [6, 6.07) is 11.4. The van der Waals surface area contributed by atoms with Crippen molar-refractivity contribution in [3.8, 4) is 11.5 Å². The lowest BCUT2D eigenvalue weighted by Gasteiger charge is -2.06. The summed E-state index contributed by atoms with van der Waals surface area (Å²) in [4.78, 5) is 16.0. The molecular formula is C18H16N2O3. The van der Waals surface area contributed by atoms with Gasteiger partial charge in [0, 0.05) is 28.4 Å². The first-order valence-corrected chi connectivity index (χ1v) is 7.42. The summed E-state index contributed by atoms with van der Waals surface area (Å²) in [5.41, 5.74) is 4.32. The molecule has 0 saturated heterocycles. The topological polar surface area (TPSA) is 63.4 Å². The summed E-state index contributed by atoms with van der Waals surface area (Å²) < 4.78 is 10.6. The van der Waals surface area contributed by atoms with E-state index in [1.165, 1.54) is 0 Å². The first-order chi connectivity index (χ1) is 11.1. The molecule has 2 heterocycles. The lowest BCUT2D eigenvalue weighted by atomic mass is 10.1. The van der Waals surface area contributed by atoms with Crippen LogP contribution in [0.4, 0.5) is 5.69 Å². The van der Waals surface area contributed by atoms with E-state index in [1.807, 2.05) is 32.0 Å². The van der Waals surface area contributed by atoms with Gasteiger partial charge in [-0.3, -0.25) is 4.79 Å². The first kappa shape index (κ1) is 13.7. The van der Waals surface area contributed by atoms with E-state index in [9.17, 15) is 4.79 Å². The summed E-state index contributed by atoms with van der Waals surface area (Å²) in [6.07, 6.45) is 0. The predicted molar refractivity (Wildman–Crippen MR) is 88.3 cm³/mol. The van der Waals surface area contributed by atoms with E-state index in [4.69, 9.17) is 9.47 Å². The molecule has 0 radical (unpaired) electrons. The molecule has 0 atom stereocenters. The van der Waals surface area contributed by atoms with Gasteiger partial charge >= 0.3 is 0 Å². The zero-order valence-electron chi connectivity index (χ0n) is 12.9. The van der Waals surface area contributed by atoms with Crippen LogP contribution in [0.15, 0.2) is 36.4 Å². The van der Waals surface area contributed by atoms with Crippen LogP contribution in [0.2, 0.25) is 0 Å². The molecule has 1 aromatic heterocycles. The molecule has 5 heteroatoms. The third-order valence-electron chi connectivity index (χ3n) is 4.00. The molecular weight excluding hydrogens is 292 g/mol. The Labute approximate surface area is 133 Å². The van der Waals surface area contributed by atoms with Crippen molar-refractivity contribution < 1.29 is 14.3 Å². The lowest BCUT2D eigenvalue weighted by molar-refractivity contribution is 0.102. The number of benzene rings is 2. The van der Waals surface area contributed by atoms with Gasteiger partial charge in [0.05, 0.1) is 5.56 Å². The molecule has 3 aromatic rings. The fraction of sp³-hybridized carbons (Fsp3) is 0.167. The van der Waals surface area contributed by atoms with Crippen LogP contribution in [0, 0.1) is 13.8 Å². The molecule has 0 fully saturated rings. The minimum Gasteiger partial charge on any atom is -0.454 e. The normalized spacial score (nSPS) is 12.6. The van der Waals surface area contributed by atoms with E-state index in [1.54, 1.807) is 18.2 Å². The number of hydrogen-bond acceptors (Lipinski definition) is 3. The monoisotopic (exact) mass is 308 g/mol. The number of aryl methyl sites for hydroxylation is 2. The Bertz CT molecular complexity index is 927. The van der Waals surface area contributed by atoms with Crippen molar-refractivity contribution in [3.63, 3.8) is 0 Å². The molecule has 2 aromatic carbocycles. The first-order valence-electron chi connectivity index (χ1n) is 7.42. The molecule has 0 spiro atoms. The van der Waals surface area contributed by atoms with Crippen LogP contribution in [-0.2, 0) is 0 Å². The van der Waals surface area contributed by atoms with Crippen LogP contribution in [0.5, 0.6) is 11.5 Å². The van der Waals surface area contributed by atoms with E-state index < -0.39 is 0 Å². The summed E-state index contributed by atoms with van der Waals surface area (Å²) in [7, 11) is 0. The average Bonchev–Trinajstić information content (AvgIpc) is 3.09. The van der Waals surface area contributed by atoms with Crippen molar-refractivity contribution in [1.82, 2.24) is 4.98 Å². The highest BCUT2D eigenvalue weighted by Gasteiger charge is 2.18. The van der Waals surface area contributed by atoms with Gasteiger partial charge in [-0.25, -0.2) is 0 Å². The number of aromatic amines is 1. The second kappa shape index (κ2) is 5.05. The maximum atomic E-state index is 12.7. The zero-order valence-corrected chi connectivity index (χ0v) is 12.9. The Morgan fingerprint density at radius 3 is 2.78 bits per heavy atom. The number of fused-ring (bicyclic) bond motifs is 2. The van der Waals surface area contributed by atoms with Crippen LogP contribution in [0.1, 0.15) is 21.6 Å². The number of nitrogens with one attached hydrogen (secondary N) is 2. The molecule has 1 aliphatic rings. The highest BCUT2D eigenvalue weighted by Crippen LogP contribution is 2.34. The number of hydrogen-bond donors (Lipinski definition) is 2. The van der Waals surface area contributed by atoms with Gasteiger partial charge in [0.2, 0.25) is 6.79 Å².